The summed E-state index contributed by atoms with van der Waals surface area (Å²) in [4.78, 5) is 4.04. The molecule has 0 atom stereocenters. The van der Waals surface area contributed by atoms with Crippen molar-refractivity contribution in [1.82, 2.24) is 14.6 Å². The Morgan fingerprint density at radius 1 is 1.45 bits per heavy atom. The summed E-state index contributed by atoms with van der Waals surface area (Å²) < 4.78 is 6.60. The second-order valence-electron chi connectivity index (χ2n) is 2.11. The lowest BCUT2D eigenvalue weighted by atomic mass is 10.5. The van der Waals surface area contributed by atoms with Crippen LogP contribution in [0.4, 0.5) is 0 Å². The van der Waals surface area contributed by atoms with Crippen LogP contribution in [0.2, 0.25) is 0 Å². The molecule has 0 aliphatic rings. The van der Waals surface area contributed by atoms with Gasteiger partial charge >= 0.3 is 0 Å². The van der Waals surface area contributed by atoms with Gasteiger partial charge in [0.2, 0.25) is 5.88 Å². The largest absolute Gasteiger partial charge is 0.480 e. The van der Waals surface area contributed by atoms with Gasteiger partial charge in [0, 0.05) is 18.5 Å². The molecule has 4 heteroatoms. The minimum absolute atomic E-state index is 0.593. The van der Waals surface area contributed by atoms with Crippen LogP contribution in [0.1, 0.15) is 0 Å². The summed E-state index contributed by atoms with van der Waals surface area (Å²) in [5, 5.41) is 4.09. The first-order valence-corrected chi connectivity index (χ1v) is 3.24. The van der Waals surface area contributed by atoms with Gasteiger partial charge in [0.15, 0.2) is 5.65 Å². The molecule has 2 aromatic rings. The smallest absolute Gasteiger partial charge is 0.231 e. The van der Waals surface area contributed by atoms with E-state index in [0.29, 0.717) is 5.88 Å². The Labute approximate surface area is 63.4 Å². The number of hydrogen-bond acceptors (Lipinski definition) is 3. The van der Waals surface area contributed by atoms with Crippen molar-refractivity contribution in [3.05, 3.63) is 24.5 Å². The maximum atomic E-state index is 4.93. The van der Waals surface area contributed by atoms with Crippen molar-refractivity contribution in [2.45, 2.75) is 0 Å². The molecule has 0 spiro atoms. The van der Waals surface area contributed by atoms with Crippen molar-refractivity contribution in [2.75, 3.05) is 7.11 Å². The average molecular weight is 149 g/mol. The van der Waals surface area contributed by atoms with Crippen molar-refractivity contribution in [3.63, 3.8) is 0 Å². The second kappa shape index (κ2) is 2.23. The zero-order chi connectivity index (χ0) is 7.68. The minimum atomic E-state index is 0.593. The first-order chi connectivity index (χ1) is 5.40. The molecule has 0 bridgehead atoms. The van der Waals surface area contributed by atoms with Crippen LogP contribution in [0, 0.1) is 0 Å². The Hall–Kier alpha value is -1.58. The molecule has 2 aromatic heterocycles. The Kier molecular flexibility index (Phi) is 1.25. The third kappa shape index (κ3) is 0.920. The van der Waals surface area contributed by atoms with Gasteiger partial charge in [0.05, 0.1) is 7.11 Å². The number of fused-ring (bicyclic) bond motifs is 1. The summed E-state index contributed by atoms with van der Waals surface area (Å²) in [6.45, 7) is 0. The molecule has 0 saturated heterocycles. The molecule has 11 heavy (non-hydrogen) atoms. The van der Waals surface area contributed by atoms with E-state index in [1.807, 2.05) is 6.07 Å². The van der Waals surface area contributed by atoms with E-state index in [9.17, 15) is 0 Å². The van der Waals surface area contributed by atoms with E-state index in [-0.39, 0.29) is 0 Å². The molecule has 2 rings (SSSR count). The number of nitrogens with zero attached hydrogens (tertiary/aromatic N) is 3. The number of imidazole rings is 1. The summed E-state index contributed by atoms with van der Waals surface area (Å²) in [7, 11) is 1.59. The molecule has 0 saturated carbocycles. The van der Waals surface area contributed by atoms with Gasteiger partial charge in [-0.1, -0.05) is 0 Å². The highest BCUT2D eigenvalue weighted by Crippen LogP contribution is 2.05. The summed E-state index contributed by atoms with van der Waals surface area (Å²) in [5.74, 6) is 0.593. The number of ether oxygens (including phenoxy) is 1. The number of rotatable bonds is 1. The first-order valence-electron chi connectivity index (χ1n) is 3.24. The average Bonchev–Trinajstić information content (AvgIpc) is 2.50. The molecule has 0 aliphatic carbocycles. The third-order valence-corrected chi connectivity index (χ3v) is 1.44. The number of hydrogen-bond donors (Lipinski definition) is 0. The van der Waals surface area contributed by atoms with E-state index in [0.717, 1.165) is 5.65 Å². The maximum Gasteiger partial charge on any atom is 0.231 e. The van der Waals surface area contributed by atoms with Gasteiger partial charge in [-0.15, -0.1) is 5.10 Å². The molecule has 2 heterocycles. The van der Waals surface area contributed by atoms with Gasteiger partial charge < -0.3 is 4.74 Å². The van der Waals surface area contributed by atoms with Crippen LogP contribution in [0.15, 0.2) is 24.5 Å². The zero-order valence-corrected chi connectivity index (χ0v) is 6.06. The summed E-state index contributed by atoms with van der Waals surface area (Å²) in [6.07, 6.45) is 3.47. The van der Waals surface area contributed by atoms with Crippen LogP contribution in [0.25, 0.3) is 5.65 Å². The topological polar surface area (TPSA) is 39.4 Å². The van der Waals surface area contributed by atoms with E-state index >= 15 is 0 Å². The fourth-order valence-corrected chi connectivity index (χ4v) is 0.907. The van der Waals surface area contributed by atoms with Crippen molar-refractivity contribution in [3.8, 4) is 5.88 Å². The van der Waals surface area contributed by atoms with Crippen LogP contribution < -0.4 is 4.74 Å². The van der Waals surface area contributed by atoms with E-state index < -0.39 is 0 Å². The van der Waals surface area contributed by atoms with Gasteiger partial charge in [-0.3, -0.25) is 0 Å². The third-order valence-electron chi connectivity index (χ3n) is 1.44. The molecule has 0 radical (unpaired) electrons. The predicted octanol–water partition coefficient (Wildman–Crippen LogP) is 0.738. The Bertz CT molecular complexity index is 368. The molecule has 0 unspecified atom stereocenters. The molecule has 0 fully saturated rings. The van der Waals surface area contributed by atoms with E-state index in [4.69, 9.17) is 4.74 Å². The van der Waals surface area contributed by atoms with Crippen molar-refractivity contribution in [2.24, 2.45) is 0 Å². The van der Waals surface area contributed by atoms with Crippen LogP contribution in [-0.4, -0.2) is 21.7 Å². The molecule has 0 aliphatic heterocycles. The Balaban J connectivity index is 2.67. The predicted molar refractivity (Wildman–Crippen MR) is 39.5 cm³/mol. The summed E-state index contributed by atoms with van der Waals surface area (Å²) in [5.41, 5.74) is 0.825. The molecular weight excluding hydrogens is 142 g/mol. The van der Waals surface area contributed by atoms with Gasteiger partial charge in [-0.25, -0.2) is 9.50 Å². The van der Waals surface area contributed by atoms with Crippen molar-refractivity contribution >= 4 is 5.65 Å². The van der Waals surface area contributed by atoms with Crippen molar-refractivity contribution in [1.29, 1.82) is 0 Å². The lowest BCUT2D eigenvalue weighted by Crippen LogP contribution is -1.93. The lowest BCUT2D eigenvalue weighted by Gasteiger charge is -1.96. The zero-order valence-electron chi connectivity index (χ0n) is 6.06. The second-order valence-corrected chi connectivity index (χ2v) is 2.11. The number of aromatic nitrogens is 3. The first kappa shape index (κ1) is 6.15. The Morgan fingerprint density at radius 2 is 2.36 bits per heavy atom. The highest BCUT2D eigenvalue weighted by atomic mass is 16.5. The normalized spacial score (nSPS) is 10.3. The molecule has 0 amide bonds. The fraction of sp³-hybridized carbons (Fsp3) is 0.143. The molecule has 0 aromatic carbocycles. The quantitative estimate of drug-likeness (QED) is 0.600. The van der Waals surface area contributed by atoms with Crippen LogP contribution in [-0.2, 0) is 0 Å². The summed E-state index contributed by atoms with van der Waals surface area (Å²) in [6, 6.07) is 3.63. The van der Waals surface area contributed by atoms with E-state index in [2.05, 4.69) is 10.1 Å². The van der Waals surface area contributed by atoms with Gasteiger partial charge in [0.25, 0.3) is 0 Å². The lowest BCUT2D eigenvalue weighted by molar-refractivity contribution is 0.390. The fourth-order valence-electron chi connectivity index (χ4n) is 0.907. The van der Waals surface area contributed by atoms with E-state index in [1.54, 1.807) is 30.1 Å². The van der Waals surface area contributed by atoms with Gasteiger partial charge in [-0.2, -0.15) is 0 Å². The van der Waals surface area contributed by atoms with Crippen LogP contribution >= 0.6 is 0 Å². The van der Waals surface area contributed by atoms with Gasteiger partial charge in [0.1, 0.15) is 0 Å². The van der Waals surface area contributed by atoms with Crippen LogP contribution in [0.3, 0.4) is 0 Å². The molecule has 0 N–H and O–H groups in total. The van der Waals surface area contributed by atoms with Crippen molar-refractivity contribution < 1.29 is 4.74 Å². The van der Waals surface area contributed by atoms with E-state index in [1.165, 1.54) is 0 Å². The highest BCUT2D eigenvalue weighted by Gasteiger charge is 1.95. The molecule has 56 valence electrons. The summed E-state index contributed by atoms with van der Waals surface area (Å²) >= 11 is 0. The SMILES string of the molecule is COc1ccc2nccn2n1. The number of methoxy groups -OCH3 is 1. The molecule has 4 nitrogen and oxygen atoms in total. The standard InChI is InChI=1S/C7H7N3O/c1-11-7-3-2-6-8-4-5-10(6)9-7/h2-5H,1H3. The van der Waals surface area contributed by atoms with Gasteiger partial charge in [-0.05, 0) is 6.07 Å². The maximum absolute atomic E-state index is 4.93. The highest BCUT2D eigenvalue weighted by molar-refractivity contribution is 5.37. The monoisotopic (exact) mass is 149 g/mol. The van der Waals surface area contributed by atoms with Crippen LogP contribution in [0.5, 0.6) is 5.88 Å². The Morgan fingerprint density at radius 3 is 3.18 bits per heavy atom. The minimum Gasteiger partial charge on any atom is -0.480 e. The molecular formula is C7H7N3O.